The van der Waals surface area contributed by atoms with Gasteiger partial charge in [0, 0.05) is 6.61 Å². The summed E-state index contributed by atoms with van der Waals surface area (Å²) in [6.07, 6.45) is 2.17. The Morgan fingerprint density at radius 3 is 3.31 bits per heavy atom. The van der Waals surface area contributed by atoms with Gasteiger partial charge in [0.15, 0.2) is 0 Å². The van der Waals surface area contributed by atoms with Gasteiger partial charge in [0.25, 0.3) is 5.91 Å². The zero-order valence-corrected chi connectivity index (χ0v) is 6.99. The summed E-state index contributed by atoms with van der Waals surface area (Å²) in [5, 5.41) is 8.87. The van der Waals surface area contributed by atoms with Crippen molar-refractivity contribution in [3.05, 3.63) is 12.2 Å². The maximum Gasteiger partial charge on any atom is 0.288 e. The van der Waals surface area contributed by atoms with Crippen LogP contribution in [0, 0.1) is 0 Å². The number of rotatable bonds is 2. The van der Waals surface area contributed by atoms with Gasteiger partial charge in [-0.15, -0.1) is 0 Å². The van der Waals surface area contributed by atoms with Gasteiger partial charge in [-0.1, -0.05) is 0 Å². The summed E-state index contributed by atoms with van der Waals surface area (Å²) in [5.74, 6) is 0.0138. The van der Waals surface area contributed by atoms with Crippen LogP contribution in [0.3, 0.4) is 0 Å². The summed E-state index contributed by atoms with van der Waals surface area (Å²) in [5.41, 5.74) is 0. The van der Waals surface area contributed by atoms with E-state index in [0.29, 0.717) is 13.2 Å². The van der Waals surface area contributed by atoms with E-state index in [4.69, 9.17) is 4.74 Å². The Morgan fingerprint density at radius 1 is 1.77 bits per heavy atom. The molecule has 1 saturated heterocycles. The first-order chi connectivity index (χ1) is 6.36. The van der Waals surface area contributed by atoms with Crippen molar-refractivity contribution in [1.29, 1.82) is 0 Å². The zero-order chi connectivity index (χ0) is 9.10. The molecular formula is C7H10N4O2. The van der Waals surface area contributed by atoms with E-state index in [1.54, 1.807) is 0 Å². The summed E-state index contributed by atoms with van der Waals surface area (Å²) >= 11 is 0. The van der Waals surface area contributed by atoms with Crippen LogP contribution < -0.4 is 5.32 Å². The highest BCUT2D eigenvalue weighted by Gasteiger charge is 2.19. The molecular weight excluding hydrogens is 172 g/mol. The second-order valence-electron chi connectivity index (χ2n) is 2.87. The molecule has 1 aliphatic heterocycles. The lowest BCUT2D eigenvalue weighted by Gasteiger charge is -2.07. The quantitative estimate of drug-likeness (QED) is 0.635. The maximum absolute atomic E-state index is 11.4. The van der Waals surface area contributed by atoms with Crippen LogP contribution in [0.5, 0.6) is 0 Å². The molecule has 1 fully saturated rings. The fourth-order valence-corrected chi connectivity index (χ4v) is 1.22. The number of carbonyl (C=O) groups is 1. The topological polar surface area (TPSA) is 79.9 Å². The number of aromatic amines is 1. The first kappa shape index (κ1) is 8.18. The van der Waals surface area contributed by atoms with Crippen LogP contribution in [0.15, 0.2) is 6.33 Å². The number of ether oxygens (including phenoxy) is 1. The second-order valence-corrected chi connectivity index (χ2v) is 2.87. The normalized spacial score (nSPS) is 21.7. The standard InChI is InChI=1S/C7H10N4O2/c12-7(6-8-4-9-11-6)10-5-1-2-13-3-5/h4-5H,1-3H2,(H,10,12)(H,8,9,11)/t5-/m1/s1. The molecule has 6 heteroatoms. The van der Waals surface area contributed by atoms with Crippen molar-refractivity contribution in [2.45, 2.75) is 12.5 Å². The third-order valence-electron chi connectivity index (χ3n) is 1.90. The van der Waals surface area contributed by atoms with Gasteiger partial charge >= 0.3 is 0 Å². The van der Waals surface area contributed by atoms with Gasteiger partial charge in [0.05, 0.1) is 12.6 Å². The molecule has 0 aromatic carbocycles. The summed E-state index contributed by atoms with van der Waals surface area (Å²) in [4.78, 5) is 15.1. The van der Waals surface area contributed by atoms with Crippen molar-refractivity contribution in [2.75, 3.05) is 13.2 Å². The molecule has 1 atom stereocenters. The highest BCUT2D eigenvalue weighted by Crippen LogP contribution is 2.03. The Kier molecular flexibility index (Phi) is 2.22. The minimum atomic E-state index is -0.229. The van der Waals surface area contributed by atoms with Gasteiger partial charge < -0.3 is 10.1 Å². The minimum Gasteiger partial charge on any atom is -0.379 e. The lowest BCUT2D eigenvalue weighted by molar-refractivity contribution is 0.0920. The molecule has 0 aliphatic carbocycles. The lowest BCUT2D eigenvalue weighted by atomic mass is 10.2. The van der Waals surface area contributed by atoms with Crippen molar-refractivity contribution < 1.29 is 9.53 Å². The molecule has 2 N–H and O–H groups in total. The van der Waals surface area contributed by atoms with E-state index in [0.717, 1.165) is 6.42 Å². The largest absolute Gasteiger partial charge is 0.379 e. The van der Waals surface area contributed by atoms with Crippen LogP contribution in [0.1, 0.15) is 17.0 Å². The number of amides is 1. The number of hydrogen-bond donors (Lipinski definition) is 2. The number of nitrogens with one attached hydrogen (secondary N) is 2. The summed E-state index contributed by atoms with van der Waals surface area (Å²) in [7, 11) is 0. The van der Waals surface area contributed by atoms with Crippen LogP contribution in [-0.2, 0) is 4.74 Å². The van der Waals surface area contributed by atoms with E-state index in [2.05, 4.69) is 20.5 Å². The Morgan fingerprint density at radius 2 is 2.69 bits per heavy atom. The molecule has 0 unspecified atom stereocenters. The van der Waals surface area contributed by atoms with Gasteiger partial charge in [-0.2, -0.15) is 5.10 Å². The number of hydrogen-bond acceptors (Lipinski definition) is 4. The molecule has 0 saturated carbocycles. The highest BCUT2D eigenvalue weighted by atomic mass is 16.5. The van der Waals surface area contributed by atoms with Crippen LogP contribution in [0.25, 0.3) is 0 Å². The monoisotopic (exact) mass is 182 g/mol. The molecule has 1 amide bonds. The molecule has 1 aliphatic rings. The predicted molar refractivity (Wildman–Crippen MR) is 43.1 cm³/mol. The fourth-order valence-electron chi connectivity index (χ4n) is 1.22. The summed E-state index contributed by atoms with van der Waals surface area (Å²) in [6, 6.07) is 0.109. The number of carbonyl (C=O) groups excluding carboxylic acids is 1. The van der Waals surface area contributed by atoms with E-state index in [-0.39, 0.29) is 17.8 Å². The van der Waals surface area contributed by atoms with E-state index >= 15 is 0 Å². The van der Waals surface area contributed by atoms with Crippen molar-refractivity contribution in [2.24, 2.45) is 0 Å². The van der Waals surface area contributed by atoms with Crippen molar-refractivity contribution in [3.8, 4) is 0 Å². The molecule has 70 valence electrons. The lowest BCUT2D eigenvalue weighted by Crippen LogP contribution is -2.35. The minimum absolute atomic E-state index is 0.109. The van der Waals surface area contributed by atoms with E-state index in [1.165, 1.54) is 6.33 Å². The van der Waals surface area contributed by atoms with Crippen molar-refractivity contribution in [1.82, 2.24) is 20.5 Å². The van der Waals surface area contributed by atoms with Gasteiger partial charge in [-0.25, -0.2) is 4.98 Å². The Bertz CT molecular complexity index is 279. The predicted octanol–water partition coefficient (Wildman–Crippen LogP) is -0.677. The molecule has 2 heterocycles. The summed E-state index contributed by atoms with van der Waals surface area (Å²) in [6.45, 7) is 1.29. The van der Waals surface area contributed by atoms with Crippen LogP contribution in [0.2, 0.25) is 0 Å². The molecule has 0 spiro atoms. The Hall–Kier alpha value is -1.43. The number of nitrogens with zero attached hydrogens (tertiary/aromatic N) is 2. The highest BCUT2D eigenvalue weighted by molar-refractivity contribution is 5.90. The smallest absolute Gasteiger partial charge is 0.288 e. The van der Waals surface area contributed by atoms with Gasteiger partial charge in [-0.3, -0.25) is 9.89 Å². The molecule has 0 bridgehead atoms. The second kappa shape index (κ2) is 3.53. The maximum atomic E-state index is 11.4. The fraction of sp³-hybridized carbons (Fsp3) is 0.571. The molecule has 1 aromatic rings. The Balaban J connectivity index is 1.91. The van der Waals surface area contributed by atoms with Crippen LogP contribution in [0.4, 0.5) is 0 Å². The Labute approximate surface area is 74.7 Å². The average Bonchev–Trinajstić information content (AvgIpc) is 2.74. The average molecular weight is 182 g/mol. The first-order valence-electron chi connectivity index (χ1n) is 4.10. The molecule has 1 aromatic heterocycles. The van der Waals surface area contributed by atoms with Gasteiger partial charge in [0.2, 0.25) is 5.82 Å². The third-order valence-corrected chi connectivity index (χ3v) is 1.90. The molecule has 13 heavy (non-hydrogen) atoms. The first-order valence-corrected chi connectivity index (χ1v) is 4.10. The van der Waals surface area contributed by atoms with E-state index in [1.807, 2.05) is 0 Å². The molecule has 0 radical (unpaired) electrons. The van der Waals surface area contributed by atoms with Crippen LogP contribution >= 0.6 is 0 Å². The molecule has 6 nitrogen and oxygen atoms in total. The third kappa shape index (κ3) is 1.83. The SMILES string of the molecule is O=C(N[C@@H]1CCOC1)c1ncn[nH]1. The van der Waals surface area contributed by atoms with Gasteiger partial charge in [-0.05, 0) is 6.42 Å². The number of aromatic nitrogens is 3. The zero-order valence-electron chi connectivity index (χ0n) is 6.99. The molecule has 2 rings (SSSR count). The van der Waals surface area contributed by atoms with E-state index in [9.17, 15) is 4.79 Å². The van der Waals surface area contributed by atoms with Gasteiger partial charge in [0.1, 0.15) is 6.33 Å². The van der Waals surface area contributed by atoms with Crippen molar-refractivity contribution in [3.63, 3.8) is 0 Å². The van der Waals surface area contributed by atoms with Crippen molar-refractivity contribution >= 4 is 5.91 Å². The van der Waals surface area contributed by atoms with E-state index < -0.39 is 0 Å². The number of H-pyrrole nitrogens is 1. The summed E-state index contributed by atoms with van der Waals surface area (Å²) < 4.78 is 5.11. The van der Waals surface area contributed by atoms with Crippen LogP contribution in [-0.4, -0.2) is 40.3 Å².